The Labute approximate surface area is 209 Å². The summed E-state index contributed by atoms with van der Waals surface area (Å²) in [5, 5.41) is 0.983. The number of hydrogen-bond acceptors (Lipinski definition) is 5. The molecule has 1 N–H and O–H groups in total. The van der Waals surface area contributed by atoms with Gasteiger partial charge in [-0.15, -0.1) is 5.54 Å². The molecule has 33 heavy (non-hydrogen) atoms. The van der Waals surface area contributed by atoms with Gasteiger partial charge in [0, 0.05) is 45.4 Å². The van der Waals surface area contributed by atoms with Crippen molar-refractivity contribution in [2.45, 2.75) is 38.1 Å². The van der Waals surface area contributed by atoms with Crippen LogP contribution in [-0.2, 0) is 20.7 Å². The minimum atomic E-state index is -1.82. The van der Waals surface area contributed by atoms with Gasteiger partial charge in [-0.3, -0.25) is 4.79 Å². The third-order valence-electron chi connectivity index (χ3n) is 5.39. The lowest BCUT2D eigenvalue weighted by Crippen LogP contribution is -2.51. The number of fused-ring (bicyclic) bond motifs is 3. The van der Waals surface area contributed by atoms with E-state index in [-0.39, 0.29) is 0 Å². The van der Waals surface area contributed by atoms with E-state index >= 15 is 0 Å². The molecule has 0 spiro atoms. The highest BCUT2D eigenvalue weighted by molar-refractivity contribution is 9.10. The minimum absolute atomic E-state index is 0.312. The van der Waals surface area contributed by atoms with Crippen molar-refractivity contribution in [1.29, 1.82) is 0 Å². The molecule has 0 radical (unpaired) electrons. The number of nitrogens with zero attached hydrogens (tertiary/aromatic N) is 3. The highest BCUT2D eigenvalue weighted by Gasteiger charge is 2.44. The van der Waals surface area contributed by atoms with Crippen LogP contribution in [-0.4, -0.2) is 53.0 Å². The van der Waals surface area contributed by atoms with Gasteiger partial charge in [0.15, 0.2) is 4.73 Å². The van der Waals surface area contributed by atoms with E-state index in [1.165, 1.54) is 12.0 Å². The number of benzene rings is 1. The standard InChI is InChI=1S/C23H22Br2N4O3Si/c1-32-22(31)18-10-16-15-9-14(24)5-6-17(15)28-20(16)21(13-11-26-23(25)27-12-13)29(18)19(30)7-8-33(2,3)4/h5-6,9,11-12,18,21,28H,10H2,1-4H3. The van der Waals surface area contributed by atoms with Crippen molar-refractivity contribution in [2.24, 2.45) is 0 Å². The van der Waals surface area contributed by atoms with Crippen LogP contribution in [0.3, 0.4) is 0 Å². The molecule has 1 aliphatic heterocycles. The van der Waals surface area contributed by atoms with Gasteiger partial charge in [-0.2, -0.15) is 0 Å². The van der Waals surface area contributed by atoms with Crippen LogP contribution in [0, 0.1) is 11.5 Å². The fraction of sp³-hybridized carbons (Fsp3) is 0.304. The molecule has 3 aromatic rings. The van der Waals surface area contributed by atoms with Gasteiger partial charge in [0.05, 0.1) is 7.11 Å². The summed E-state index contributed by atoms with van der Waals surface area (Å²) in [6.07, 6.45) is 3.62. The van der Waals surface area contributed by atoms with Gasteiger partial charge < -0.3 is 14.6 Å². The fourth-order valence-corrected chi connectivity index (χ4v) is 5.04. The van der Waals surface area contributed by atoms with Gasteiger partial charge >= 0.3 is 5.97 Å². The number of aromatic amines is 1. The molecule has 0 fully saturated rings. The van der Waals surface area contributed by atoms with Crippen molar-refractivity contribution in [3.8, 4) is 11.5 Å². The number of methoxy groups -OCH3 is 1. The van der Waals surface area contributed by atoms with Gasteiger partial charge in [-0.05, 0) is 45.6 Å². The van der Waals surface area contributed by atoms with Crippen LogP contribution < -0.4 is 0 Å². The normalized spacial score (nSPS) is 17.8. The van der Waals surface area contributed by atoms with Crippen LogP contribution in [0.2, 0.25) is 19.6 Å². The van der Waals surface area contributed by atoms with E-state index in [4.69, 9.17) is 4.74 Å². The Kier molecular flexibility index (Phi) is 6.49. The molecule has 2 atom stereocenters. The van der Waals surface area contributed by atoms with E-state index in [2.05, 4.69) is 77.9 Å². The van der Waals surface area contributed by atoms with Crippen molar-refractivity contribution < 1.29 is 14.3 Å². The summed E-state index contributed by atoms with van der Waals surface area (Å²) in [7, 11) is -0.492. The number of rotatable bonds is 2. The second kappa shape index (κ2) is 9.04. The molecule has 0 saturated carbocycles. The van der Waals surface area contributed by atoms with Crippen molar-refractivity contribution in [3.63, 3.8) is 0 Å². The number of carbonyl (C=O) groups excluding carboxylic acids is 2. The number of carbonyl (C=O) groups is 2. The van der Waals surface area contributed by atoms with E-state index in [9.17, 15) is 9.59 Å². The smallest absolute Gasteiger partial charge is 0.328 e. The number of hydrogen-bond donors (Lipinski definition) is 1. The molecule has 2 aromatic heterocycles. The maximum atomic E-state index is 13.5. The van der Waals surface area contributed by atoms with E-state index in [0.717, 1.165) is 26.6 Å². The average molecular weight is 590 g/mol. The summed E-state index contributed by atoms with van der Waals surface area (Å²) < 4.78 is 6.48. The second-order valence-corrected chi connectivity index (χ2v) is 15.2. The third kappa shape index (κ3) is 4.76. The molecule has 10 heteroatoms. The zero-order chi connectivity index (χ0) is 23.9. The summed E-state index contributed by atoms with van der Waals surface area (Å²) in [6, 6.07) is 4.47. The number of amides is 1. The maximum absolute atomic E-state index is 13.5. The first kappa shape index (κ1) is 23.7. The molecule has 0 bridgehead atoms. The van der Waals surface area contributed by atoms with Gasteiger partial charge in [0.25, 0.3) is 5.91 Å². The second-order valence-electron chi connectivity index (χ2n) is 8.85. The summed E-state index contributed by atoms with van der Waals surface area (Å²) >= 11 is 6.80. The number of nitrogens with one attached hydrogen (secondary N) is 1. The van der Waals surface area contributed by atoms with Gasteiger partial charge in [-0.25, -0.2) is 14.8 Å². The SMILES string of the molecule is COC(=O)C1Cc2c([nH]c3ccc(Br)cc23)C(c2cnc(Br)nc2)N1C(=O)C#C[Si](C)(C)C. The van der Waals surface area contributed by atoms with Crippen molar-refractivity contribution in [1.82, 2.24) is 19.9 Å². The lowest BCUT2D eigenvalue weighted by Gasteiger charge is -2.39. The third-order valence-corrected chi connectivity index (χ3v) is 7.17. The van der Waals surface area contributed by atoms with E-state index in [0.29, 0.717) is 16.7 Å². The Morgan fingerprint density at radius 2 is 1.91 bits per heavy atom. The van der Waals surface area contributed by atoms with Crippen molar-refractivity contribution >= 4 is 62.7 Å². The average Bonchev–Trinajstić information content (AvgIpc) is 3.13. The predicted octanol–water partition coefficient (Wildman–Crippen LogP) is 4.38. The molecule has 0 aliphatic carbocycles. The van der Waals surface area contributed by atoms with Gasteiger partial charge in [0.2, 0.25) is 0 Å². The van der Waals surface area contributed by atoms with Crippen LogP contribution >= 0.6 is 31.9 Å². The summed E-state index contributed by atoms with van der Waals surface area (Å²) in [4.78, 5) is 39.9. The Bertz CT molecular complexity index is 1310. The number of esters is 1. The molecule has 1 amide bonds. The lowest BCUT2D eigenvalue weighted by molar-refractivity contribution is -0.153. The maximum Gasteiger partial charge on any atom is 0.328 e. The first-order chi connectivity index (χ1) is 15.6. The molecule has 4 rings (SSSR count). The number of halogens is 2. The Morgan fingerprint density at radius 3 is 2.55 bits per heavy atom. The Balaban J connectivity index is 1.97. The molecule has 1 aromatic carbocycles. The Hall–Kier alpha value is -2.48. The Morgan fingerprint density at radius 1 is 1.21 bits per heavy atom. The fourth-order valence-electron chi connectivity index (χ4n) is 3.99. The zero-order valence-corrected chi connectivity index (χ0v) is 22.7. The molecule has 1 aliphatic rings. The zero-order valence-electron chi connectivity index (χ0n) is 18.6. The summed E-state index contributed by atoms with van der Waals surface area (Å²) in [5.41, 5.74) is 6.48. The molecule has 2 unspecified atom stereocenters. The first-order valence-corrected chi connectivity index (χ1v) is 15.4. The number of H-pyrrole nitrogens is 1. The summed E-state index contributed by atoms with van der Waals surface area (Å²) in [6.45, 7) is 6.19. The van der Waals surface area contributed by atoms with Crippen LogP contribution in [0.25, 0.3) is 10.9 Å². The van der Waals surface area contributed by atoms with Crippen LogP contribution in [0.4, 0.5) is 0 Å². The van der Waals surface area contributed by atoms with Crippen molar-refractivity contribution in [2.75, 3.05) is 7.11 Å². The summed E-state index contributed by atoms with van der Waals surface area (Å²) in [5.74, 6) is 1.89. The highest BCUT2D eigenvalue weighted by Crippen LogP contribution is 2.41. The van der Waals surface area contributed by atoms with Gasteiger partial charge in [0.1, 0.15) is 20.2 Å². The molecule has 170 valence electrons. The van der Waals surface area contributed by atoms with Crippen LogP contribution in [0.1, 0.15) is 22.9 Å². The number of ether oxygens (including phenoxy) is 1. The van der Waals surface area contributed by atoms with Crippen LogP contribution in [0.5, 0.6) is 0 Å². The van der Waals surface area contributed by atoms with Crippen molar-refractivity contribution in [3.05, 3.63) is 56.6 Å². The first-order valence-electron chi connectivity index (χ1n) is 10.3. The molecule has 7 nitrogen and oxygen atoms in total. The van der Waals surface area contributed by atoms with E-state index in [1.54, 1.807) is 12.4 Å². The molecule has 3 heterocycles. The number of aromatic nitrogens is 3. The molecular formula is C23H22Br2N4O3Si. The van der Waals surface area contributed by atoms with Crippen LogP contribution in [0.15, 0.2) is 39.8 Å². The monoisotopic (exact) mass is 588 g/mol. The van der Waals surface area contributed by atoms with E-state index < -0.39 is 32.0 Å². The predicted molar refractivity (Wildman–Crippen MR) is 135 cm³/mol. The topological polar surface area (TPSA) is 88.2 Å². The lowest BCUT2D eigenvalue weighted by atomic mass is 9.88. The molecule has 0 saturated heterocycles. The quantitative estimate of drug-likeness (QED) is 0.207. The largest absolute Gasteiger partial charge is 0.467 e. The molecular weight excluding hydrogens is 568 g/mol. The van der Waals surface area contributed by atoms with Gasteiger partial charge in [-0.1, -0.05) is 35.6 Å². The van der Waals surface area contributed by atoms with E-state index in [1.807, 2.05) is 18.2 Å². The highest BCUT2D eigenvalue weighted by atomic mass is 79.9. The minimum Gasteiger partial charge on any atom is -0.467 e.